The number of benzene rings is 2. The Hall–Kier alpha value is -3.03. The number of rotatable bonds is 7. The van der Waals surface area contributed by atoms with Crippen molar-refractivity contribution in [1.29, 1.82) is 0 Å². The number of piperidine rings is 1. The van der Waals surface area contributed by atoms with E-state index in [1.807, 2.05) is 17.0 Å². The van der Waals surface area contributed by atoms with Gasteiger partial charge in [0.15, 0.2) is 5.78 Å². The second-order valence-electron chi connectivity index (χ2n) is 8.30. The van der Waals surface area contributed by atoms with Crippen molar-refractivity contribution in [2.45, 2.75) is 25.8 Å². The standard InChI is InChI=1S/C25H25ClFN3O3/c1-16-2-5-21(13-22(16)27)33-15-20(31)14-30-10-8-19(9-11-30)28-25(32)24-6-3-17-12-18(26)4-7-23(17)29-24/h2-7,12-13,19H,8-11,14-15H2,1H3,(H,28,32). The van der Waals surface area contributed by atoms with Gasteiger partial charge >= 0.3 is 0 Å². The SMILES string of the molecule is Cc1ccc(OCC(=O)CN2CCC(NC(=O)c3ccc4cc(Cl)ccc4n3)CC2)cc1F. The predicted octanol–water partition coefficient (Wildman–Crippen LogP) is 4.18. The van der Waals surface area contributed by atoms with Crippen LogP contribution in [0.4, 0.5) is 4.39 Å². The second kappa shape index (κ2) is 10.3. The van der Waals surface area contributed by atoms with Crippen LogP contribution in [-0.4, -0.2) is 53.9 Å². The molecule has 0 aliphatic carbocycles. The molecule has 1 aromatic heterocycles. The second-order valence-corrected chi connectivity index (χ2v) is 8.73. The molecule has 0 radical (unpaired) electrons. The Morgan fingerprint density at radius 2 is 1.94 bits per heavy atom. The summed E-state index contributed by atoms with van der Waals surface area (Å²) in [5.41, 5.74) is 1.62. The molecule has 0 unspecified atom stereocenters. The first kappa shape index (κ1) is 23.1. The number of aromatic nitrogens is 1. The van der Waals surface area contributed by atoms with Crippen LogP contribution in [0.1, 0.15) is 28.9 Å². The van der Waals surface area contributed by atoms with E-state index in [0.717, 1.165) is 23.7 Å². The number of halogens is 2. The Labute approximate surface area is 196 Å². The van der Waals surface area contributed by atoms with Gasteiger partial charge < -0.3 is 10.1 Å². The van der Waals surface area contributed by atoms with E-state index in [-0.39, 0.29) is 36.7 Å². The van der Waals surface area contributed by atoms with E-state index >= 15 is 0 Å². The molecule has 1 saturated heterocycles. The Morgan fingerprint density at radius 1 is 1.15 bits per heavy atom. The minimum Gasteiger partial charge on any atom is -0.486 e. The van der Waals surface area contributed by atoms with Gasteiger partial charge in [-0.25, -0.2) is 9.37 Å². The zero-order valence-corrected chi connectivity index (χ0v) is 19.1. The molecule has 1 N–H and O–H groups in total. The average molecular weight is 470 g/mol. The number of amides is 1. The van der Waals surface area contributed by atoms with Crippen molar-refractivity contribution in [2.75, 3.05) is 26.2 Å². The van der Waals surface area contributed by atoms with Gasteiger partial charge in [-0.15, -0.1) is 0 Å². The fraction of sp³-hybridized carbons (Fsp3) is 0.320. The molecule has 1 fully saturated rings. The Bertz CT molecular complexity index is 1180. The number of hydrogen-bond acceptors (Lipinski definition) is 5. The fourth-order valence-corrected chi connectivity index (χ4v) is 4.02. The smallest absolute Gasteiger partial charge is 0.270 e. The fourth-order valence-electron chi connectivity index (χ4n) is 3.84. The van der Waals surface area contributed by atoms with Crippen molar-refractivity contribution in [3.05, 3.63) is 70.6 Å². The minimum absolute atomic E-state index is 0.0263. The van der Waals surface area contributed by atoms with Crippen molar-refractivity contribution < 1.29 is 18.7 Å². The number of fused-ring (bicyclic) bond motifs is 1. The number of pyridine rings is 1. The van der Waals surface area contributed by atoms with Crippen molar-refractivity contribution in [3.63, 3.8) is 0 Å². The number of ether oxygens (including phenoxy) is 1. The molecule has 4 rings (SSSR count). The van der Waals surface area contributed by atoms with Gasteiger partial charge in [-0.05, 0) is 55.7 Å². The van der Waals surface area contributed by atoms with E-state index in [1.54, 1.807) is 37.3 Å². The van der Waals surface area contributed by atoms with Crippen LogP contribution in [0.3, 0.4) is 0 Å². The zero-order chi connectivity index (χ0) is 23.4. The van der Waals surface area contributed by atoms with Crippen LogP contribution < -0.4 is 10.1 Å². The lowest BCUT2D eigenvalue weighted by Gasteiger charge is -2.31. The zero-order valence-electron chi connectivity index (χ0n) is 18.3. The Morgan fingerprint density at radius 3 is 2.70 bits per heavy atom. The number of nitrogens with zero attached hydrogens (tertiary/aromatic N) is 2. The first-order chi connectivity index (χ1) is 15.9. The number of Topliss-reactive ketones (excluding diaryl/α,β-unsaturated/α-hetero) is 1. The highest BCUT2D eigenvalue weighted by molar-refractivity contribution is 6.31. The predicted molar refractivity (Wildman–Crippen MR) is 125 cm³/mol. The summed E-state index contributed by atoms with van der Waals surface area (Å²) >= 11 is 6.00. The summed E-state index contributed by atoms with van der Waals surface area (Å²) in [5, 5.41) is 4.55. The molecule has 1 amide bonds. The number of carbonyl (C=O) groups is 2. The number of carbonyl (C=O) groups excluding carboxylic acids is 2. The molecular formula is C25H25ClFN3O3. The van der Waals surface area contributed by atoms with Crippen molar-refractivity contribution in [2.24, 2.45) is 0 Å². The molecule has 33 heavy (non-hydrogen) atoms. The molecule has 0 bridgehead atoms. The molecule has 1 aliphatic heterocycles. The molecule has 1 aliphatic rings. The lowest BCUT2D eigenvalue weighted by Crippen LogP contribution is -2.46. The van der Waals surface area contributed by atoms with Crippen molar-refractivity contribution >= 4 is 34.2 Å². The number of nitrogens with one attached hydrogen (secondary N) is 1. The van der Waals surface area contributed by atoms with Gasteiger partial charge in [0.25, 0.3) is 5.91 Å². The molecule has 3 aromatic rings. The maximum absolute atomic E-state index is 13.6. The number of likely N-dealkylation sites (tertiary alicyclic amines) is 1. The summed E-state index contributed by atoms with van der Waals surface area (Å²) in [6.45, 7) is 3.23. The van der Waals surface area contributed by atoms with Crippen LogP contribution in [0.15, 0.2) is 48.5 Å². The van der Waals surface area contributed by atoms with Gasteiger partial charge in [-0.1, -0.05) is 23.7 Å². The molecule has 2 aromatic carbocycles. The van der Waals surface area contributed by atoms with E-state index in [4.69, 9.17) is 16.3 Å². The third-order valence-electron chi connectivity index (χ3n) is 5.75. The molecule has 0 atom stereocenters. The normalized spacial score (nSPS) is 14.9. The van der Waals surface area contributed by atoms with Crippen molar-refractivity contribution in [3.8, 4) is 5.75 Å². The Kier molecular flexibility index (Phi) is 7.20. The van der Waals surface area contributed by atoms with Crippen LogP contribution in [0.2, 0.25) is 5.02 Å². The summed E-state index contributed by atoms with van der Waals surface area (Å²) in [5.74, 6) is -0.287. The first-order valence-corrected chi connectivity index (χ1v) is 11.3. The summed E-state index contributed by atoms with van der Waals surface area (Å²) in [4.78, 5) is 31.4. The third kappa shape index (κ3) is 6.06. The number of hydrogen-bond donors (Lipinski definition) is 1. The lowest BCUT2D eigenvalue weighted by molar-refractivity contribution is -0.122. The van der Waals surface area contributed by atoms with E-state index < -0.39 is 0 Å². The highest BCUT2D eigenvalue weighted by Gasteiger charge is 2.23. The monoisotopic (exact) mass is 469 g/mol. The quantitative estimate of drug-likeness (QED) is 0.562. The molecule has 8 heteroatoms. The van der Waals surface area contributed by atoms with E-state index in [0.29, 0.717) is 35.1 Å². The van der Waals surface area contributed by atoms with Gasteiger partial charge in [0.05, 0.1) is 12.1 Å². The van der Waals surface area contributed by atoms with Gasteiger partial charge in [-0.3, -0.25) is 14.5 Å². The third-order valence-corrected chi connectivity index (χ3v) is 5.98. The van der Waals surface area contributed by atoms with Crippen LogP contribution in [-0.2, 0) is 4.79 Å². The van der Waals surface area contributed by atoms with E-state index in [9.17, 15) is 14.0 Å². The largest absolute Gasteiger partial charge is 0.486 e. The molecule has 6 nitrogen and oxygen atoms in total. The maximum Gasteiger partial charge on any atom is 0.270 e. The summed E-state index contributed by atoms with van der Waals surface area (Å²) in [6.07, 6.45) is 1.48. The molecule has 2 heterocycles. The van der Waals surface area contributed by atoms with Crippen LogP contribution in [0.5, 0.6) is 5.75 Å². The molecule has 172 valence electrons. The van der Waals surface area contributed by atoms with E-state index in [2.05, 4.69) is 10.3 Å². The molecule has 0 saturated carbocycles. The average Bonchev–Trinajstić information content (AvgIpc) is 2.80. The van der Waals surface area contributed by atoms with Gasteiger partial charge in [0, 0.05) is 35.6 Å². The van der Waals surface area contributed by atoms with E-state index in [1.165, 1.54) is 6.07 Å². The number of ketones is 1. The maximum atomic E-state index is 13.6. The highest BCUT2D eigenvalue weighted by atomic mass is 35.5. The molecule has 0 spiro atoms. The summed E-state index contributed by atoms with van der Waals surface area (Å²) in [7, 11) is 0. The van der Waals surface area contributed by atoms with Crippen LogP contribution >= 0.6 is 11.6 Å². The number of aryl methyl sites for hydroxylation is 1. The van der Waals surface area contributed by atoms with Crippen LogP contribution in [0, 0.1) is 12.7 Å². The highest BCUT2D eigenvalue weighted by Crippen LogP contribution is 2.19. The van der Waals surface area contributed by atoms with Gasteiger partial charge in [0.2, 0.25) is 0 Å². The topological polar surface area (TPSA) is 71.5 Å². The molecular weight excluding hydrogens is 445 g/mol. The van der Waals surface area contributed by atoms with Crippen LogP contribution in [0.25, 0.3) is 10.9 Å². The summed E-state index contributed by atoms with van der Waals surface area (Å²) < 4.78 is 19.0. The minimum atomic E-state index is -0.354. The summed E-state index contributed by atoms with van der Waals surface area (Å²) in [6, 6.07) is 13.5. The van der Waals surface area contributed by atoms with Gasteiger partial charge in [0.1, 0.15) is 23.9 Å². The van der Waals surface area contributed by atoms with Crippen molar-refractivity contribution in [1.82, 2.24) is 15.2 Å². The van der Waals surface area contributed by atoms with Gasteiger partial charge in [-0.2, -0.15) is 0 Å². The lowest BCUT2D eigenvalue weighted by atomic mass is 10.0. The Balaban J connectivity index is 1.22. The first-order valence-electron chi connectivity index (χ1n) is 10.9.